The summed E-state index contributed by atoms with van der Waals surface area (Å²) in [6.45, 7) is 9.80. The average Bonchev–Trinajstić information content (AvgIpc) is 2.99. The Labute approximate surface area is 177 Å². The molecule has 0 aromatic carbocycles. The van der Waals surface area contributed by atoms with E-state index in [0.717, 1.165) is 59.7 Å². The van der Waals surface area contributed by atoms with Crippen LogP contribution in [0.5, 0.6) is 0 Å². The molecule has 2 bridgehead atoms. The SMILES string of the molecule is CC(C)=C(C)/N=C/NC(=O)N1c2nc(-c3cncc(C)c3)ccc2N2CCC1CC2. The molecule has 0 atom stereocenters. The summed E-state index contributed by atoms with van der Waals surface area (Å²) in [4.78, 5) is 30.9. The minimum Gasteiger partial charge on any atom is -0.368 e. The quantitative estimate of drug-likeness (QED) is 0.612. The molecule has 1 fully saturated rings. The summed E-state index contributed by atoms with van der Waals surface area (Å²) in [5.74, 6) is 0.707. The third-order valence-corrected chi connectivity index (χ3v) is 5.81. The summed E-state index contributed by atoms with van der Waals surface area (Å²) in [6, 6.07) is 6.09. The van der Waals surface area contributed by atoms with Crippen LogP contribution in [0.2, 0.25) is 0 Å². The van der Waals surface area contributed by atoms with Crippen molar-refractivity contribution < 1.29 is 4.79 Å². The Bertz CT molecular complexity index is 1020. The number of aliphatic imine (C=N–C) groups is 1. The van der Waals surface area contributed by atoms with E-state index in [1.54, 1.807) is 0 Å². The molecule has 0 unspecified atom stereocenters. The molecule has 3 aliphatic heterocycles. The van der Waals surface area contributed by atoms with Crippen molar-refractivity contribution in [3.05, 3.63) is 47.4 Å². The molecule has 0 spiro atoms. The number of carbonyl (C=O) groups excluding carboxylic acids is 1. The molecule has 0 radical (unpaired) electrons. The van der Waals surface area contributed by atoms with Crippen LogP contribution in [0.15, 0.2) is 46.9 Å². The largest absolute Gasteiger partial charge is 0.368 e. The Kier molecular flexibility index (Phi) is 5.53. The van der Waals surface area contributed by atoms with E-state index >= 15 is 0 Å². The van der Waals surface area contributed by atoms with Crippen molar-refractivity contribution in [2.45, 2.75) is 46.6 Å². The highest BCUT2D eigenvalue weighted by Gasteiger charge is 2.37. The Morgan fingerprint density at radius 1 is 1.20 bits per heavy atom. The number of anilines is 2. The zero-order valence-electron chi connectivity index (χ0n) is 18.0. The van der Waals surface area contributed by atoms with E-state index in [1.165, 1.54) is 6.34 Å². The smallest absolute Gasteiger partial charge is 0.328 e. The number of hydrogen-bond donors (Lipinski definition) is 1. The lowest BCUT2D eigenvalue weighted by atomic mass is 10.1. The second kappa shape index (κ2) is 8.26. The van der Waals surface area contributed by atoms with Crippen LogP contribution in [-0.2, 0) is 0 Å². The molecule has 30 heavy (non-hydrogen) atoms. The van der Waals surface area contributed by atoms with Gasteiger partial charge in [-0.15, -0.1) is 0 Å². The fraction of sp³-hybridized carbons (Fsp3) is 0.391. The first kappa shape index (κ1) is 20.1. The highest BCUT2D eigenvalue weighted by atomic mass is 16.2. The predicted molar refractivity (Wildman–Crippen MR) is 121 cm³/mol. The topological polar surface area (TPSA) is 73.7 Å². The number of aromatic nitrogens is 2. The van der Waals surface area contributed by atoms with Crippen LogP contribution in [0, 0.1) is 6.92 Å². The summed E-state index contributed by atoms with van der Waals surface area (Å²) in [5.41, 5.74) is 5.86. The molecular formula is C23H28N6O. The number of nitrogens with zero attached hydrogens (tertiary/aromatic N) is 5. The highest BCUT2D eigenvalue weighted by molar-refractivity contribution is 6.01. The van der Waals surface area contributed by atoms with Crippen molar-refractivity contribution in [2.24, 2.45) is 4.99 Å². The minimum atomic E-state index is -0.192. The van der Waals surface area contributed by atoms with Gasteiger partial charge in [0.15, 0.2) is 5.82 Å². The van der Waals surface area contributed by atoms with Crippen molar-refractivity contribution >= 4 is 23.9 Å². The van der Waals surface area contributed by atoms with Crippen LogP contribution in [0.4, 0.5) is 16.3 Å². The van der Waals surface area contributed by atoms with E-state index in [9.17, 15) is 4.79 Å². The fourth-order valence-corrected chi connectivity index (χ4v) is 3.90. The van der Waals surface area contributed by atoms with Crippen LogP contribution in [0.1, 0.15) is 39.2 Å². The number of amides is 2. The van der Waals surface area contributed by atoms with Gasteiger partial charge >= 0.3 is 6.03 Å². The number of carbonyl (C=O) groups is 1. The fourth-order valence-electron chi connectivity index (χ4n) is 3.90. The molecule has 0 aliphatic carbocycles. The maximum absolute atomic E-state index is 13.2. The van der Waals surface area contributed by atoms with E-state index in [1.807, 2.05) is 51.1 Å². The molecule has 2 aromatic heterocycles. The van der Waals surface area contributed by atoms with Gasteiger partial charge < -0.3 is 4.90 Å². The first-order chi connectivity index (χ1) is 14.4. The molecule has 156 valence electrons. The van der Waals surface area contributed by atoms with Gasteiger partial charge in [-0.1, -0.05) is 5.57 Å². The van der Waals surface area contributed by atoms with E-state index in [4.69, 9.17) is 4.98 Å². The van der Waals surface area contributed by atoms with Crippen molar-refractivity contribution in [3.63, 3.8) is 0 Å². The maximum Gasteiger partial charge on any atom is 0.328 e. The van der Waals surface area contributed by atoms with Gasteiger partial charge in [0, 0.05) is 42.8 Å². The standard InChI is InChI=1S/C23H28N6O/c1-15(2)17(4)25-14-26-23(30)29-19-7-9-28(10-8-19)21-6-5-20(27-22(21)29)18-11-16(3)12-24-13-18/h5-6,11-14,19H,7-10H2,1-4H3,(H,25,26,30). The summed E-state index contributed by atoms with van der Waals surface area (Å²) in [5, 5.41) is 2.85. The van der Waals surface area contributed by atoms with Crippen LogP contribution < -0.4 is 15.1 Å². The molecule has 7 heteroatoms. The number of piperidine rings is 1. The van der Waals surface area contributed by atoms with Crippen LogP contribution >= 0.6 is 0 Å². The van der Waals surface area contributed by atoms with Gasteiger partial charge in [-0.25, -0.2) is 14.8 Å². The summed E-state index contributed by atoms with van der Waals surface area (Å²) < 4.78 is 0. The maximum atomic E-state index is 13.2. The molecule has 7 nitrogen and oxygen atoms in total. The number of fused-ring (bicyclic) bond motifs is 2. The molecule has 2 amide bonds. The first-order valence-corrected chi connectivity index (χ1v) is 10.4. The van der Waals surface area contributed by atoms with Gasteiger partial charge in [-0.2, -0.15) is 0 Å². The van der Waals surface area contributed by atoms with Gasteiger partial charge in [0.1, 0.15) is 0 Å². The van der Waals surface area contributed by atoms with Gasteiger partial charge in [-0.05, 0) is 64.3 Å². The minimum absolute atomic E-state index is 0.124. The van der Waals surface area contributed by atoms with Gasteiger partial charge in [0.05, 0.1) is 17.7 Å². The van der Waals surface area contributed by atoms with Crippen LogP contribution in [0.25, 0.3) is 11.3 Å². The van der Waals surface area contributed by atoms with Gasteiger partial charge in [-0.3, -0.25) is 15.2 Å². The number of aryl methyl sites for hydroxylation is 1. The Morgan fingerprint density at radius 2 is 1.97 bits per heavy atom. The van der Waals surface area contributed by atoms with Gasteiger partial charge in [0.2, 0.25) is 0 Å². The number of pyridine rings is 2. The number of urea groups is 1. The lowest BCUT2D eigenvalue weighted by molar-refractivity contribution is 0.247. The molecule has 5 rings (SSSR count). The van der Waals surface area contributed by atoms with E-state index in [0.29, 0.717) is 5.82 Å². The molecular weight excluding hydrogens is 376 g/mol. The lowest BCUT2D eigenvalue weighted by Crippen LogP contribution is -2.48. The zero-order valence-corrected chi connectivity index (χ0v) is 18.0. The van der Waals surface area contributed by atoms with Gasteiger partial charge in [0.25, 0.3) is 0 Å². The van der Waals surface area contributed by atoms with E-state index in [-0.39, 0.29) is 12.1 Å². The van der Waals surface area contributed by atoms with Crippen LogP contribution in [-0.4, -0.2) is 41.5 Å². The molecule has 3 aliphatic rings. The third-order valence-electron chi connectivity index (χ3n) is 5.81. The average molecular weight is 405 g/mol. The molecule has 0 saturated carbocycles. The number of rotatable bonds is 3. The Balaban J connectivity index is 1.70. The third kappa shape index (κ3) is 3.92. The molecule has 5 heterocycles. The molecule has 1 saturated heterocycles. The monoisotopic (exact) mass is 404 g/mol. The summed E-state index contributed by atoms with van der Waals surface area (Å²) in [7, 11) is 0. The number of nitrogens with one attached hydrogen (secondary N) is 1. The summed E-state index contributed by atoms with van der Waals surface area (Å²) in [6.07, 6.45) is 6.97. The van der Waals surface area contributed by atoms with Crippen molar-refractivity contribution in [3.8, 4) is 11.3 Å². The van der Waals surface area contributed by atoms with E-state index < -0.39 is 0 Å². The second-order valence-corrected chi connectivity index (χ2v) is 8.17. The highest BCUT2D eigenvalue weighted by Crippen LogP contribution is 2.39. The van der Waals surface area contributed by atoms with Crippen molar-refractivity contribution in [1.82, 2.24) is 15.3 Å². The van der Waals surface area contributed by atoms with E-state index in [2.05, 4.69) is 32.3 Å². The Morgan fingerprint density at radius 3 is 2.67 bits per heavy atom. The van der Waals surface area contributed by atoms with Crippen LogP contribution in [0.3, 0.4) is 0 Å². The normalized spacial score (nSPS) is 15.9. The van der Waals surface area contributed by atoms with Crippen molar-refractivity contribution in [2.75, 3.05) is 22.9 Å². The lowest BCUT2D eigenvalue weighted by Gasteiger charge is -2.31. The second-order valence-electron chi connectivity index (χ2n) is 8.17. The van der Waals surface area contributed by atoms with Crippen molar-refractivity contribution in [1.29, 1.82) is 0 Å². The first-order valence-electron chi connectivity index (χ1n) is 10.4. The molecule has 2 aromatic rings. The Hall–Kier alpha value is -3.22. The predicted octanol–water partition coefficient (Wildman–Crippen LogP) is 4.29. The zero-order chi connectivity index (χ0) is 21.3. The summed E-state index contributed by atoms with van der Waals surface area (Å²) >= 11 is 0. The number of allylic oxidation sites excluding steroid dienone is 2. The number of hydrogen-bond acceptors (Lipinski definition) is 5. The molecule has 1 N–H and O–H groups in total.